The summed E-state index contributed by atoms with van der Waals surface area (Å²) in [4.78, 5) is 13.0. The zero-order valence-corrected chi connectivity index (χ0v) is 25.0. The van der Waals surface area contributed by atoms with Crippen LogP contribution in [0.3, 0.4) is 0 Å². The second kappa shape index (κ2) is 9.73. The largest absolute Gasteiger partial charge is 0.310 e. The van der Waals surface area contributed by atoms with Crippen molar-refractivity contribution in [3.05, 3.63) is 186 Å². The lowest BCUT2D eigenvalue weighted by molar-refractivity contribution is 0.284. The normalized spacial score (nSPS) is 19.9. The second-order valence-electron chi connectivity index (χ2n) is 12.4. The van der Waals surface area contributed by atoms with E-state index in [1.54, 1.807) is 0 Å². The molecule has 1 spiro atoms. The highest BCUT2D eigenvalue weighted by molar-refractivity contribution is 5.89. The van der Waals surface area contributed by atoms with Crippen LogP contribution in [0.1, 0.15) is 35.2 Å². The number of fused-ring (bicyclic) bond motifs is 9. The van der Waals surface area contributed by atoms with E-state index >= 15 is 0 Å². The molecule has 2 heterocycles. The Morgan fingerprint density at radius 2 is 1.18 bits per heavy atom. The second-order valence-corrected chi connectivity index (χ2v) is 12.4. The zero-order chi connectivity index (χ0) is 30.0. The molecule has 0 radical (unpaired) electrons. The molecule has 5 aromatic carbocycles. The Bertz CT molecular complexity index is 2080. The molecule has 3 nitrogen and oxygen atoms in total. The Hall–Kier alpha value is -5.54. The summed E-state index contributed by atoms with van der Waals surface area (Å²) in [5.41, 5.74) is 10.9. The molecule has 1 aliphatic heterocycles. The molecule has 3 heteroatoms. The smallest absolute Gasteiger partial charge is 0.159 e. The van der Waals surface area contributed by atoms with E-state index < -0.39 is 5.41 Å². The van der Waals surface area contributed by atoms with Crippen LogP contribution in [-0.4, -0.2) is 9.97 Å². The highest BCUT2D eigenvalue weighted by Gasteiger charge is 2.64. The van der Waals surface area contributed by atoms with Crippen LogP contribution in [0.25, 0.3) is 22.5 Å². The van der Waals surface area contributed by atoms with E-state index in [0.717, 1.165) is 22.8 Å². The van der Waals surface area contributed by atoms with E-state index in [1.807, 2.05) is 0 Å². The van der Waals surface area contributed by atoms with Crippen LogP contribution in [-0.2, 0) is 5.41 Å². The number of hydrogen-bond donors (Lipinski definition) is 0. The van der Waals surface area contributed by atoms with Crippen LogP contribution in [0, 0.1) is 5.41 Å². The first-order valence-corrected chi connectivity index (χ1v) is 15.6. The SMILES string of the molecule is CC12C=CC=CC1c1cnc(-c3ccc(-c4ccccc4)cc3)nc1C21c2ccccc2N(c2ccccc2)c2ccccc21. The van der Waals surface area contributed by atoms with Gasteiger partial charge in [0.25, 0.3) is 0 Å². The molecule has 2 unspecified atom stereocenters. The van der Waals surface area contributed by atoms with Crippen molar-refractivity contribution in [2.24, 2.45) is 5.41 Å². The van der Waals surface area contributed by atoms with Gasteiger partial charge in [-0.05, 0) is 46.5 Å². The van der Waals surface area contributed by atoms with Crippen molar-refractivity contribution in [1.82, 2.24) is 9.97 Å². The summed E-state index contributed by atoms with van der Waals surface area (Å²) in [6.45, 7) is 2.42. The minimum Gasteiger partial charge on any atom is -0.310 e. The monoisotopic (exact) mass is 577 g/mol. The third-order valence-corrected chi connectivity index (χ3v) is 10.2. The lowest BCUT2D eigenvalue weighted by Gasteiger charge is -2.51. The number of rotatable bonds is 3. The average molecular weight is 578 g/mol. The van der Waals surface area contributed by atoms with Crippen molar-refractivity contribution in [3.63, 3.8) is 0 Å². The van der Waals surface area contributed by atoms with Gasteiger partial charge in [0.05, 0.1) is 22.5 Å². The van der Waals surface area contributed by atoms with Crippen molar-refractivity contribution >= 4 is 17.1 Å². The van der Waals surface area contributed by atoms with Gasteiger partial charge < -0.3 is 4.90 Å². The third-order valence-electron chi connectivity index (χ3n) is 10.2. The molecule has 0 fully saturated rings. The van der Waals surface area contributed by atoms with Crippen molar-refractivity contribution in [2.75, 3.05) is 4.90 Å². The molecule has 45 heavy (non-hydrogen) atoms. The Labute approximate surface area is 263 Å². The van der Waals surface area contributed by atoms with Crippen molar-refractivity contribution in [3.8, 4) is 22.5 Å². The molecule has 2 atom stereocenters. The number of para-hydroxylation sites is 3. The van der Waals surface area contributed by atoms with Crippen LogP contribution in [0.4, 0.5) is 17.1 Å². The molecular formula is C42H31N3. The minimum absolute atomic E-state index is 0.136. The predicted octanol–water partition coefficient (Wildman–Crippen LogP) is 10.2. The Morgan fingerprint density at radius 1 is 0.600 bits per heavy atom. The van der Waals surface area contributed by atoms with Crippen LogP contribution in [0.15, 0.2) is 164 Å². The molecular weight excluding hydrogens is 546 g/mol. The van der Waals surface area contributed by atoms with Crippen LogP contribution >= 0.6 is 0 Å². The highest BCUT2D eigenvalue weighted by atomic mass is 15.2. The Kier molecular flexibility index (Phi) is 5.61. The molecule has 6 aromatic rings. The van der Waals surface area contributed by atoms with E-state index in [9.17, 15) is 0 Å². The lowest BCUT2D eigenvalue weighted by atomic mass is 9.54. The zero-order valence-electron chi connectivity index (χ0n) is 25.0. The summed E-state index contributed by atoms with van der Waals surface area (Å²) in [6.07, 6.45) is 11.3. The first-order chi connectivity index (χ1) is 22.2. The fourth-order valence-electron chi connectivity index (χ4n) is 8.21. The van der Waals surface area contributed by atoms with E-state index in [-0.39, 0.29) is 11.3 Å². The standard InChI is InChI=1S/C42H31N3/c1-41-27-13-12-18-34(41)33-28-43-40(31-25-23-30(24-26-31)29-14-4-2-5-15-29)44-39(33)42(41)35-19-8-10-21-37(35)45(32-16-6-3-7-17-32)38-22-11-9-20-36(38)42/h2-28,34H,1H3. The first kappa shape index (κ1) is 25.9. The van der Waals surface area contributed by atoms with Crippen molar-refractivity contribution < 1.29 is 0 Å². The highest BCUT2D eigenvalue weighted by Crippen LogP contribution is 2.70. The third kappa shape index (κ3) is 3.52. The van der Waals surface area contributed by atoms with E-state index in [1.165, 1.54) is 39.2 Å². The summed E-state index contributed by atoms with van der Waals surface area (Å²) in [6, 6.07) is 47.7. The number of allylic oxidation sites excluding steroid dienone is 4. The number of benzene rings is 5. The van der Waals surface area contributed by atoms with Crippen LogP contribution < -0.4 is 4.90 Å². The van der Waals surface area contributed by atoms with E-state index in [2.05, 4.69) is 176 Å². The molecule has 1 aromatic heterocycles. The van der Waals surface area contributed by atoms with Gasteiger partial charge in [-0.1, -0.05) is 140 Å². The van der Waals surface area contributed by atoms with Gasteiger partial charge in [0.2, 0.25) is 0 Å². The van der Waals surface area contributed by atoms with Gasteiger partial charge in [0.15, 0.2) is 5.82 Å². The first-order valence-electron chi connectivity index (χ1n) is 15.6. The molecule has 0 N–H and O–H groups in total. The quantitative estimate of drug-likeness (QED) is 0.210. The fourth-order valence-corrected chi connectivity index (χ4v) is 8.21. The van der Waals surface area contributed by atoms with Crippen molar-refractivity contribution in [1.29, 1.82) is 0 Å². The number of nitrogens with zero attached hydrogens (tertiary/aromatic N) is 3. The summed E-state index contributed by atoms with van der Waals surface area (Å²) in [5, 5.41) is 0. The Morgan fingerprint density at radius 3 is 1.87 bits per heavy atom. The summed E-state index contributed by atoms with van der Waals surface area (Å²) in [7, 11) is 0. The maximum atomic E-state index is 5.57. The van der Waals surface area contributed by atoms with Gasteiger partial charge in [0.1, 0.15) is 0 Å². The molecule has 9 rings (SSSR count). The molecule has 0 bridgehead atoms. The maximum absolute atomic E-state index is 5.57. The van der Waals surface area contributed by atoms with Crippen molar-refractivity contribution in [2.45, 2.75) is 18.3 Å². The summed E-state index contributed by atoms with van der Waals surface area (Å²) in [5.74, 6) is 0.889. The van der Waals surface area contributed by atoms with E-state index in [0.29, 0.717) is 0 Å². The average Bonchev–Trinajstić information content (AvgIpc) is 3.34. The van der Waals surface area contributed by atoms with Gasteiger partial charge in [0, 0.05) is 34.3 Å². The maximum Gasteiger partial charge on any atom is 0.159 e. The lowest BCUT2D eigenvalue weighted by Crippen LogP contribution is -2.47. The number of hydrogen-bond acceptors (Lipinski definition) is 3. The molecule has 0 saturated carbocycles. The molecule has 3 aliphatic rings. The molecule has 0 saturated heterocycles. The molecule has 0 amide bonds. The van der Waals surface area contributed by atoms with Gasteiger partial charge in [-0.3, -0.25) is 0 Å². The fraction of sp³-hybridized carbons (Fsp3) is 0.0952. The summed E-state index contributed by atoms with van der Waals surface area (Å²) >= 11 is 0. The van der Waals surface area contributed by atoms with Gasteiger partial charge >= 0.3 is 0 Å². The van der Waals surface area contributed by atoms with Crippen LogP contribution in [0.2, 0.25) is 0 Å². The summed E-state index contributed by atoms with van der Waals surface area (Å²) < 4.78 is 0. The minimum atomic E-state index is -0.533. The topological polar surface area (TPSA) is 29.0 Å². The van der Waals surface area contributed by atoms with Gasteiger partial charge in [-0.25, -0.2) is 9.97 Å². The molecule has 214 valence electrons. The molecule has 2 aliphatic carbocycles. The number of aromatic nitrogens is 2. The number of anilines is 3. The Balaban J connectivity index is 1.31. The predicted molar refractivity (Wildman–Crippen MR) is 183 cm³/mol. The van der Waals surface area contributed by atoms with Crippen LogP contribution in [0.5, 0.6) is 0 Å². The van der Waals surface area contributed by atoms with Gasteiger partial charge in [-0.15, -0.1) is 0 Å². The van der Waals surface area contributed by atoms with E-state index in [4.69, 9.17) is 9.97 Å². The van der Waals surface area contributed by atoms with Gasteiger partial charge in [-0.2, -0.15) is 0 Å².